The van der Waals surface area contributed by atoms with E-state index >= 15 is 0 Å². The van der Waals surface area contributed by atoms with Crippen LogP contribution < -0.4 is 0 Å². The van der Waals surface area contributed by atoms with E-state index in [9.17, 15) is 10.1 Å². The molecule has 0 N–H and O–H groups in total. The zero-order valence-corrected chi connectivity index (χ0v) is 15.7. The first-order chi connectivity index (χ1) is 11.9. The molecule has 1 fully saturated rings. The summed E-state index contributed by atoms with van der Waals surface area (Å²) >= 11 is 1.53. The smallest absolute Gasteiger partial charge is 0.273 e. The molecule has 1 aromatic carbocycles. The lowest BCUT2D eigenvalue weighted by Crippen LogP contribution is -2.39. The fourth-order valence-corrected chi connectivity index (χ4v) is 4.18. The highest BCUT2D eigenvalue weighted by Crippen LogP contribution is 2.33. The second kappa shape index (κ2) is 6.97. The maximum absolute atomic E-state index is 13.0. The molecule has 130 valence electrons. The van der Waals surface area contributed by atoms with E-state index in [0.29, 0.717) is 12.2 Å². The summed E-state index contributed by atoms with van der Waals surface area (Å²) < 4.78 is 0. The van der Waals surface area contributed by atoms with Gasteiger partial charge in [-0.05, 0) is 18.4 Å². The fraction of sp³-hybridized carbons (Fsp3) is 0.450. The van der Waals surface area contributed by atoms with Crippen LogP contribution in [0.1, 0.15) is 60.6 Å². The molecule has 0 saturated carbocycles. The van der Waals surface area contributed by atoms with Crippen LogP contribution in [0.4, 0.5) is 0 Å². The van der Waals surface area contributed by atoms with E-state index in [1.165, 1.54) is 11.3 Å². The third kappa shape index (κ3) is 3.59. The zero-order chi connectivity index (χ0) is 18.0. The molecule has 1 aliphatic heterocycles. The van der Waals surface area contributed by atoms with Crippen LogP contribution in [0.2, 0.25) is 0 Å². The number of amides is 1. The third-order valence-corrected chi connectivity index (χ3v) is 5.88. The number of rotatable bonds is 3. The van der Waals surface area contributed by atoms with Crippen LogP contribution in [-0.4, -0.2) is 28.4 Å². The van der Waals surface area contributed by atoms with Crippen molar-refractivity contribution in [1.82, 2.24) is 9.88 Å². The van der Waals surface area contributed by atoms with Gasteiger partial charge in [0.25, 0.3) is 5.91 Å². The number of hydrogen-bond acceptors (Lipinski definition) is 4. The highest BCUT2D eigenvalue weighted by atomic mass is 32.1. The van der Waals surface area contributed by atoms with Crippen molar-refractivity contribution in [1.29, 1.82) is 5.26 Å². The van der Waals surface area contributed by atoms with E-state index in [2.05, 4.69) is 31.8 Å². The maximum Gasteiger partial charge on any atom is 0.273 e. The van der Waals surface area contributed by atoms with Gasteiger partial charge in [-0.15, -0.1) is 11.3 Å². The van der Waals surface area contributed by atoms with Crippen molar-refractivity contribution in [3.63, 3.8) is 0 Å². The second-order valence-corrected chi connectivity index (χ2v) is 8.37. The molecular formula is C20H23N3OS. The molecule has 1 saturated heterocycles. The standard InChI is InChI=1S/C20H23N3OS/c1-20(2,3)19-22-16(13-25-19)18(24)23-11-7-10-17(23)15(12-21)14-8-5-4-6-9-14/h4-6,8-9,13,15,17H,7,10-11H2,1-3H3. The summed E-state index contributed by atoms with van der Waals surface area (Å²) in [5.41, 5.74) is 1.42. The van der Waals surface area contributed by atoms with Gasteiger partial charge in [0.2, 0.25) is 0 Å². The maximum atomic E-state index is 13.0. The Balaban J connectivity index is 1.85. The van der Waals surface area contributed by atoms with Gasteiger partial charge in [0.1, 0.15) is 5.69 Å². The van der Waals surface area contributed by atoms with Gasteiger partial charge in [-0.2, -0.15) is 5.26 Å². The Morgan fingerprint density at radius 2 is 2.08 bits per heavy atom. The third-order valence-electron chi connectivity index (χ3n) is 4.61. The lowest BCUT2D eigenvalue weighted by molar-refractivity contribution is 0.0722. The first kappa shape index (κ1) is 17.6. The lowest BCUT2D eigenvalue weighted by Gasteiger charge is -2.28. The molecule has 0 radical (unpaired) electrons. The van der Waals surface area contributed by atoms with Gasteiger partial charge in [-0.1, -0.05) is 51.1 Å². The van der Waals surface area contributed by atoms with Gasteiger partial charge in [0.15, 0.2) is 0 Å². The van der Waals surface area contributed by atoms with Crippen molar-refractivity contribution in [2.45, 2.75) is 51.0 Å². The molecule has 25 heavy (non-hydrogen) atoms. The van der Waals surface area contributed by atoms with Gasteiger partial charge in [-0.25, -0.2) is 4.98 Å². The average Bonchev–Trinajstić information content (AvgIpc) is 3.25. The molecule has 0 spiro atoms. The molecular weight excluding hydrogens is 330 g/mol. The van der Waals surface area contributed by atoms with Crippen LogP contribution >= 0.6 is 11.3 Å². The number of nitriles is 1. The Morgan fingerprint density at radius 3 is 2.68 bits per heavy atom. The number of nitrogens with zero attached hydrogens (tertiary/aromatic N) is 3. The molecule has 1 amide bonds. The molecule has 2 atom stereocenters. The van der Waals surface area contributed by atoms with Gasteiger partial charge < -0.3 is 4.90 Å². The van der Waals surface area contributed by atoms with Crippen molar-refractivity contribution >= 4 is 17.2 Å². The monoisotopic (exact) mass is 353 g/mol. The molecule has 3 rings (SSSR count). The second-order valence-electron chi connectivity index (χ2n) is 7.51. The van der Waals surface area contributed by atoms with E-state index < -0.39 is 0 Å². The Labute approximate surface area is 153 Å². The number of thiazole rings is 1. The zero-order valence-electron chi connectivity index (χ0n) is 14.9. The van der Waals surface area contributed by atoms with E-state index in [1.54, 1.807) is 0 Å². The van der Waals surface area contributed by atoms with Crippen LogP contribution in [0.15, 0.2) is 35.7 Å². The van der Waals surface area contributed by atoms with E-state index in [1.807, 2.05) is 40.6 Å². The molecule has 1 aromatic heterocycles. The molecule has 5 heteroatoms. The molecule has 1 aliphatic rings. The van der Waals surface area contributed by atoms with Crippen molar-refractivity contribution in [2.75, 3.05) is 6.54 Å². The van der Waals surface area contributed by atoms with Crippen LogP contribution in [0.25, 0.3) is 0 Å². The fourth-order valence-electron chi connectivity index (χ4n) is 3.30. The highest BCUT2D eigenvalue weighted by molar-refractivity contribution is 7.10. The molecule has 4 nitrogen and oxygen atoms in total. The Kier molecular flexibility index (Phi) is 4.91. The van der Waals surface area contributed by atoms with Crippen molar-refractivity contribution in [2.24, 2.45) is 0 Å². The molecule has 2 unspecified atom stereocenters. The summed E-state index contributed by atoms with van der Waals surface area (Å²) in [6.07, 6.45) is 1.78. The van der Waals surface area contributed by atoms with Gasteiger partial charge >= 0.3 is 0 Å². The van der Waals surface area contributed by atoms with Gasteiger partial charge in [0.05, 0.1) is 23.0 Å². The van der Waals surface area contributed by atoms with Crippen LogP contribution in [0.3, 0.4) is 0 Å². The summed E-state index contributed by atoms with van der Waals surface area (Å²) in [5.74, 6) is -0.348. The predicted octanol–water partition coefficient (Wildman–Crippen LogP) is 4.35. The number of aromatic nitrogens is 1. The Bertz CT molecular complexity index is 785. The number of benzene rings is 1. The normalized spacial score (nSPS) is 18.8. The minimum absolute atomic E-state index is 0.0505. The largest absolute Gasteiger partial charge is 0.333 e. The number of carbonyl (C=O) groups is 1. The molecule has 0 bridgehead atoms. The van der Waals surface area contributed by atoms with Crippen molar-refractivity contribution < 1.29 is 4.79 Å². The van der Waals surface area contributed by atoms with E-state index in [-0.39, 0.29) is 23.3 Å². The average molecular weight is 353 g/mol. The minimum Gasteiger partial charge on any atom is -0.333 e. The SMILES string of the molecule is CC(C)(C)c1nc(C(=O)N2CCCC2C(C#N)c2ccccc2)cs1. The predicted molar refractivity (Wildman–Crippen MR) is 99.7 cm³/mol. The minimum atomic E-state index is -0.298. The molecule has 2 aromatic rings. The first-order valence-corrected chi connectivity index (χ1v) is 9.51. The lowest BCUT2D eigenvalue weighted by atomic mass is 9.91. The Hall–Kier alpha value is -2.19. The molecule has 0 aliphatic carbocycles. The summed E-state index contributed by atoms with van der Waals surface area (Å²) in [4.78, 5) is 19.4. The summed E-state index contributed by atoms with van der Waals surface area (Å²) in [6, 6.07) is 12.1. The van der Waals surface area contributed by atoms with E-state index in [4.69, 9.17) is 0 Å². The number of carbonyl (C=O) groups excluding carboxylic acids is 1. The van der Waals surface area contributed by atoms with Gasteiger partial charge in [-0.3, -0.25) is 4.79 Å². The number of likely N-dealkylation sites (tertiary alicyclic amines) is 1. The Morgan fingerprint density at radius 1 is 1.36 bits per heavy atom. The van der Waals surface area contributed by atoms with Crippen LogP contribution in [0.5, 0.6) is 0 Å². The van der Waals surface area contributed by atoms with E-state index in [0.717, 1.165) is 23.4 Å². The highest BCUT2D eigenvalue weighted by Gasteiger charge is 2.37. The topological polar surface area (TPSA) is 57.0 Å². The quantitative estimate of drug-likeness (QED) is 0.824. The summed E-state index contributed by atoms with van der Waals surface area (Å²) in [5, 5.41) is 12.5. The van der Waals surface area contributed by atoms with Gasteiger partial charge in [0, 0.05) is 17.3 Å². The molecule has 2 heterocycles. The van der Waals surface area contributed by atoms with Crippen molar-refractivity contribution in [3.05, 3.63) is 52.0 Å². The van der Waals surface area contributed by atoms with Crippen molar-refractivity contribution in [3.8, 4) is 6.07 Å². The van der Waals surface area contributed by atoms with Crippen LogP contribution in [-0.2, 0) is 5.41 Å². The first-order valence-electron chi connectivity index (χ1n) is 8.63. The number of hydrogen-bond donors (Lipinski definition) is 0. The van der Waals surface area contributed by atoms with Crippen LogP contribution in [0, 0.1) is 11.3 Å². The summed E-state index contributed by atoms with van der Waals surface area (Å²) in [7, 11) is 0. The summed E-state index contributed by atoms with van der Waals surface area (Å²) in [6.45, 7) is 6.98.